The summed E-state index contributed by atoms with van der Waals surface area (Å²) in [6, 6.07) is 12.2. The lowest BCUT2D eigenvalue weighted by molar-refractivity contribution is -0.159. The van der Waals surface area contributed by atoms with E-state index in [-0.39, 0.29) is 18.7 Å². The molecule has 0 saturated heterocycles. The molecule has 49 heavy (non-hydrogen) atoms. The standard InChI is InChI=1S/C38H57N3O7S/c1-9-10-11-12-16-24-41(34(44)30(23-25-49-8)40-36(46)48-38(5,6)7)32(28-19-21-29(42)22-20-28)33(43)39-31(35(45)47-37(2,3)4)26-27-17-14-13-15-18-27/h13-15,17-22,30-32,42H,9-12,16,23-26H2,1-8H3,(H,39,43)(H,40,46). The van der Waals surface area contributed by atoms with Crippen molar-refractivity contribution in [1.29, 1.82) is 0 Å². The number of aromatic hydroxyl groups is 1. The SMILES string of the molecule is CCCCCCCN(C(=O)C(CCSC)NC(=O)OC(C)(C)C)C(C(=O)NC(Cc1ccccc1)C(=O)OC(C)(C)C)c1ccc(O)cc1. The Kier molecular flexibility index (Phi) is 17.0. The predicted octanol–water partition coefficient (Wildman–Crippen LogP) is 6.95. The van der Waals surface area contributed by atoms with E-state index in [2.05, 4.69) is 17.6 Å². The molecule has 0 aliphatic rings. The van der Waals surface area contributed by atoms with Crippen molar-refractivity contribution >= 4 is 35.6 Å². The number of phenols is 1. The fourth-order valence-electron chi connectivity index (χ4n) is 5.19. The predicted molar refractivity (Wildman–Crippen MR) is 195 cm³/mol. The third kappa shape index (κ3) is 15.6. The summed E-state index contributed by atoms with van der Waals surface area (Å²) in [5, 5.41) is 15.8. The van der Waals surface area contributed by atoms with E-state index in [1.807, 2.05) is 36.6 Å². The molecular formula is C38H57N3O7S. The van der Waals surface area contributed by atoms with Gasteiger partial charge in [-0.25, -0.2) is 9.59 Å². The van der Waals surface area contributed by atoms with E-state index in [1.165, 1.54) is 28.8 Å². The van der Waals surface area contributed by atoms with Gasteiger partial charge in [-0.3, -0.25) is 9.59 Å². The van der Waals surface area contributed by atoms with Crippen molar-refractivity contribution in [2.24, 2.45) is 0 Å². The lowest BCUT2D eigenvalue weighted by Gasteiger charge is -2.35. The number of esters is 1. The van der Waals surface area contributed by atoms with Gasteiger partial charge in [0.05, 0.1) is 0 Å². The molecule has 3 N–H and O–H groups in total. The number of amides is 3. The molecule has 0 bridgehead atoms. The molecule has 3 unspecified atom stereocenters. The van der Waals surface area contributed by atoms with Crippen molar-refractivity contribution in [3.05, 3.63) is 65.7 Å². The Morgan fingerprint density at radius 3 is 2.00 bits per heavy atom. The van der Waals surface area contributed by atoms with Crippen molar-refractivity contribution in [3.8, 4) is 5.75 Å². The average Bonchev–Trinajstić information content (AvgIpc) is 3.01. The summed E-state index contributed by atoms with van der Waals surface area (Å²) in [5.41, 5.74) is -0.311. The van der Waals surface area contributed by atoms with Crippen LogP contribution in [0.3, 0.4) is 0 Å². The number of thioether (sulfide) groups is 1. The summed E-state index contributed by atoms with van der Waals surface area (Å²) >= 11 is 1.53. The Morgan fingerprint density at radius 2 is 1.43 bits per heavy atom. The summed E-state index contributed by atoms with van der Waals surface area (Å²) in [4.78, 5) is 57.1. The molecule has 0 radical (unpaired) electrons. The highest BCUT2D eigenvalue weighted by molar-refractivity contribution is 7.98. The van der Waals surface area contributed by atoms with Gasteiger partial charge in [-0.2, -0.15) is 11.8 Å². The molecule has 2 aromatic carbocycles. The molecule has 2 rings (SSSR count). The molecule has 2 aromatic rings. The summed E-state index contributed by atoms with van der Waals surface area (Å²) in [6.07, 6.45) is 6.19. The number of alkyl carbamates (subject to hydrolysis) is 1. The maximum atomic E-state index is 14.6. The maximum absolute atomic E-state index is 14.6. The zero-order valence-corrected chi connectivity index (χ0v) is 31.4. The minimum atomic E-state index is -1.18. The van der Waals surface area contributed by atoms with Crippen LogP contribution in [0.4, 0.5) is 4.79 Å². The monoisotopic (exact) mass is 699 g/mol. The van der Waals surface area contributed by atoms with Gasteiger partial charge in [0.15, 0.2) is 0 Å². The van der Waals surface area contributed by atoms with Gasteiger partial charge in [0.1, 0.15) is 35.1 Å². The Morgan fingerprint density at radius 1 is 0.816 bits per heavy atom. The Bertz CT molecular complexity index is 1320. The number of nitrogens with zero attached hydrogens (tertiary/aromatic N) is 1. The third-order valence-electron chi connectivity index (χ3n) is 7.44. The molecule has 0 saturated carbocycles. The highest BCUT2D eigenvalue weighted by Crippen LogP contribution is 2.27. The summed E-state index contributed by atoms with van der Waals surface area (Å²) in [6.45, 7) is 12.9. The minimum absolute atomic E-state index is 0.000462. The number of rotatable bonds is 18. The Hall–Kier alpha value is -3.73. The Labute approximate surface area is 297 Å². The van der Waals surface area contributed by atoms with E-state index in [0.29, 0.717) is 24.2 Å². The van der Waals surface area contributed by atoms with Gasteiger partial charge in [0.2, 0.25) is 11.8 Å². The van der Waals surface area contributed by atoms with Gasteiger partial charge in [-0.05, 0) is 89.7 Å². The van der Waals surface area contributed by atoms with E-state index < -0.39 is 53.2 Å². The largest absolute Gasteiger partial charge is 0.508 e. The minimum Gasteiger partial charge on any atom is -0.508 e. The fraction of sp³-hybridized carbons (Fsp3) is 0.579. The molecule has 0 aromatic heterocycles. The number of unbranched alkanes of at least 4 members (excludes halogenated alkanes) is 4. The number of phenolic OH excluding ortho intramolecular Hbond substituents is 1. The average molecular weight is 700 g/mol. The van der Waals surface area contributed by atoms with Crippen LogP contribution in [0, 0.1) is 0 Å². The van der Waals surface area contributed by atoms with Crippen LogP contribution in [0.5, 0.6) is 5.75 Å². The smallest absolute Gasteiger partial charge is 0.408 e. The molecule has 10 nitrogen and oxygen atoms in total. The van der Waals surface area contributed by atoms with Gasteiger partial charge in [-0.15, -0.1) is 0 Å². The van der Waals surface area contributed by atoms with Crippen molar-refractivity contribution < 1.29 is 33.8 Å². The van der Waals surface area contributed by atoms with Crippen LogP contribution in [0.25, 0.3) is 0 Å². The van der Waals surface area contributed by atoms with Gasteiger partial charge < -0.3 is 30.1 Å². The summed E-state index contributed by atoms with van der Waals surface area (Å²) in [5.74, 6) is -1.05. The number of hydrogen-bond donors (Lipinski definition) is 3. The molecular weight excluding hydrogens is 642 g/mol. The lowest BCUT2D eigenvalue weighted by Crippen LogP contribution is -2.55. The zero-order valence-electron chi connectivity index (χ0n) is 30.5. The number of carbonyl (C=O) groups is 4. The number of ether oxygens (including phenoxy) is 2. The van der Waals surface area contributed by atoms with E-state index in [1.54, 1.807) is 53.7 Å². The van der Waals surface area contributed by atoms with Crippen LogP contribution in [-0.4, -0.2) is 75.7 Å². The molecule has 0 fully saturated rings. The molecule has 0 aliphatic heterocycles. The lowest BCUT2D eigenvalue weighted by atomic mass is 9.99. The van der Waals surface area contributed by atoms with Gasteiger partial charge >= 0.3 is 12.1 Å². The first-order valence-corrected chi connectivity index (χ1v) is 18.6. The first-order chi connectivity index (χ1) is 23.0. The molecule has 3 amide bonds. The first-order valence-electron chi connectivity index (χ1n) is 17.2. The van der Waals surface area contributed by atoms with Crippen LogP contribution in [-0.2, 0) is 30.3 Å². The van der Waals surface area contributed by atoms with E-state index in [0.717, 1.165) is 31.2 Å². The maximum Gasteiger partial charge on any atom is 0.408 e. The van der Waals surface area contributed by atoms with Gasteiger partial charge in [-0.1, -0.05) is 75.1 Å². The van der Waals surface area contributed by atoms with E-state index >= 15 is 0 Å². The van der Waals surface area contributed by atoms with Crippen LogP contribution in [0.2, 0.25) is 0 Å². The fourth-order valence-corrected chi connectivity index (χ4v) is 5.66. The van der Waals surface area contributed by atoms with Crippen LogP contribution in [0.15, 0.2) is 54.6 Å². The number of nitrogens with one attached hydrogen (secondary N) is 2. The first kappa shape index (κ1) is 41.4. The zero-order chi connectivity index (χ0) is 36.6. The van der Waals surface area contributed by atoms with Crippen molar-refractivity contribution in [2.75, 3.05) is 18.6 Å². The third-order valence-corrected chi connectivity index (χ3v) is 8.09. The molecule has 272 valence electrons. The summed E-state index contributed by atoms with van der Waals surface area (Å²) < 4.78 is 11.2. The second kappa shape index (κ2) is 20.1. The number of carbonyl (C=O) groups excluding carboxylic acids is 4. The van der Waals surface area contributed by atoms with Gasteiger partial charge in [0.25, 0.3) is 0 Å². The molecule has 3 atom stereocenters. The highest BCUT2D eigenvalue weighted by atomic mass is 32.2. The second-order valence-corrected chi connectivity index (χ2v) is 15.2. The van der Waals surface area contributed by atoms with E-state index in [9.17, 15) is 24.3 Å². The van der Waals surface area contributed by atoms with Crippen LogP contribution >= 0.6 is 11.8 Å². The Balaban J connectivity index is 2.61. The normalized spacial score (nSPS) is 13.5. The second-order valence-electron chi connectivity index (χ2n) is 14.2. The summed E-state index contributed by atoms with van der Waals surface area (Å²) in [7, 11) is 0. The van der Waals surface area contributed by atoms with Crippen molar-refractivity contribution in [1.82, 2.24) is 15.5 Å². The van der Waals surface area contributed by atoms with Crippen molar-refractivity contribution in [2.45, 2.75) is 123 Å². The van der Waals surface area contributed by atoms with Gasteiger partial charge in [0, 0.05) is 13.0 Å². The topological polar surface area (TPSA) is 134 Å². The molecule has 0 aliphatic carbocycles. The van der Waals surface area contributed by atoms with Crippen LogP contribution < -0.4 is 10.6 Å². The highest BCUT2D eigenvalue weighted by Gasteiger charge is 2.38. The molecule has 0 spiro atoms. The molecule has 11 heteroatoms. The quantitative estimate of drug-likeness (QED) is 0.113. The van der Waals surface area contributed by atoms with Crippen molar-refractivity contribution in [3.63, 3.8) is 0 Å². The number of hydrogen-bond acceptors (Lipinski definition) is 8. The van der Waals surface area contributed by atoms with E-state index in [4.69, 9.17) is 9.47 Å². The van der Waals surface area contributed by atoms with Crippen LogP contribution in [0.1, 0.15) is 104 Å². The molecule has 0 heterocycles. The number of benzene rings is 2.